The molecule has 1 aliphatic heterocycles. The number of nitrogens with one attached hydrogen (secondary N) is 4. The van der Waals surface area contributed by atoms with Gasteiger partial charge in [0.15, 0.2) is 0 Å². The van der Waals surface area contributed by atoms with Gasteiger partial charge in [0.1, 0.15) is 0 Å². The molecule has 0 unspecified atom stereocenters. The van der Waals surface area contributed by atoms with Crippen molar-refractivity contribution in [1.82, 2.24) is 25.9 Å². The van der Waals surface area contributed by atoms with Gasteiger partial charge in [-0.25, -0.2) is 0 Å². The number of terminal acetylenes is 1. The minimum absolute atomic E-state index is 0.0194. The van der Waals surface area contributed by atoms with E-state index in [0.717, 1.165) is 16.8 Å². The lowest BCUT2D eigenvalue weighted by Crippen LogP contribution is -2.37. The average molecular weight is 526 g/mol. The first-order valence-electron chi connectivity index (χ1n) is 12.6. The molecule has 0 saturated carbocycles. The molecule has 0 saturated heterocycles. The molecule has 38 heavy (non-hydrogen) atoms. The normalized spacial score (nSPS) is 15.2. The number of rotatable bonds is 7. The fourth-order valence-corrected chi connectivity index (χ4v) is 4.28. The zero-order chi connectivity index (χ0) is 27.6. The van der Waals surface area contributed by atoms with Gasteiger partial charge in [-0.2, -0.15) is 0 Å². The third-order valence-corrected chi connectivity index (χ3v) is 6.15. The predicted octanol–water partition coefficient (Wildman–Crippen LogP) is 5.64. The van der Waals surface area contributed by atoms with Crippen molar-refractivity contribution in [2.75, 3.05) is 22.2 Å². The molecular formula is C29H29ClN8. The molecule has 0 fully saturated rings. The highest BCUT2D eigenvalue weighted by Crippen LogP contribution is 2.36. The zero-order valence-electron chi connectivity index (χ0n) is 22.4. The van der Waals surface area contributed by atoms with Crippen LogP contribution in [-0.2, 0) is 0 Å². The Kier molecular flexibility index (Phi) is 6.69. The Morgan fingerprint density at radius 2 is 1.95 bits per heavy atom. The molecule has 3 aromatic heterocycles. The summed E-state index contributed by atoms with van der Waals surface area (Å²) in [4.78, 5) is 13.0. The van der Waals surface area contributed by atoms with Gasteiger partial charge in [0.05, 0.1) is 46.8 Å². The van der Waals surface area contributed by atoms with Crippen LogP contribution < -0.4 is 26.6 Å². The number of halogens is 1. The van der Waals surface area contributed by atoms with Crippen LogP contribution in [0.3, 0.4) is 0 Å². The Hall–Kier alpha value is -4.32. The van der Waals surface area contributed by atoms with E-state index in [-0.39, 0.29) is 5.41 Å². The van der Waals surface area contributed by atoms with Crippen molar-refractivity contribution in [2.24, 2.45) is 5.41 Å². The summed E-state index contributed by atoms with van der Waals surface area (Å²) in [6.07, 6.45) is 16.1. The third-order valence-electron chi connectivity index (χ3n) is 5.86. The molecule has 4 N–H and O–H groups in total. The molecule has 192 valence electrons. The molecule has 0 radical (unpaired) electrons. The predicted molar refractivity (Wildman–Crippen MR) is 154 cm³/mol. The lowest BCUT2D eigenvalue weighted by Gasteiger charge is -2.23. The van der Waals surface area contributed by atoms with Gasteiger partial charge in [-0.15, -0.1) is 12.0 Å². The first kappa shape index (κ1) is 24.0. The summed E-state index contributed by atoms with van der Waals surface area (Å²) in [5.41, 5.74) is 10.9. The summed E-state index contributed by atoms with van der Waals surface area (Å²) in [6.45, 7) is 7.13. The van der Waals surface area contributed by atoms with Gasteiger partial charge < -0.3 is 16.1 Å². The molecule has 0 bridgehead atoms. The first-order chi connectivity index (χ1) is 18.7. The second-order valence-electron chi connectivity index (χ2n) is 10.1. The molecule has 5 rings (SSSR count). The van der Waals surface area contributed by atoms with Crippen LogP contribution >= 0.6 is 11.6 Å². The topological polar surface area (TPSA) is 90.0 Å². The second kappa shape index (κ2) is 10.6. The van der Waals surface area contributed by atoms with E-state index in [0.29, 0.717) is 39.6 Å². The fourth-order valence-electron chi connectivity index (χ4n) is 4.01. The Bertz CT molecular complexity index is 1560. The van der Waals surface area contributed by atoms with Crippen molar-refractivity contribution in [3.63, 3.8) is 0 Å². The van der Waals surface area contributed by atoms with E-state index in [2.05, 4.69) is 63.2 Å². The Balaban J connectivity index is 1.59. The van der Waals surface area contributed by atoms with Gasteiger partial charge in [-0.05, 0) is 41.3 Å². The van der Waals surface area contributed by atoms with Crippen LogP contribution in [-0.4, -0.2) is 21.5 Å². The van der Waals surface area contributed by atoms with E-state index in [1.165, 1.54) is 0 Å². The second-order valence-corrected chi connectivity index (χ2v) is 10.5. The Morgan fingerprint density at radius 1 is 1.16 bits per heavy atom. The fraction of sp³-hybridized carbons (Fsp3) is 0.207. The van der Waals surface area contributed by atoms with Crippen molar-refractivity contribution in [2.45, 2.75) is 26.8 Å². The van der Waals surface area contributed by atoms with Gasteiger partial charge in [0.25, 0.3) is 0 Å². The van der Waals surface area contributed by atoms with Crippen LogP contribution in [0.1, 0.15) is 39.3 Å². The smallest absolute Gasteiger partial charge is 0.0959 e. The van der Waals surface area contributed by atoms with Crippen molar-refractivity contribution in [3.05, 3.63) is 95.4 Å². The lowest BCUT2D eigenvalue weighted by molar-refractivity contribution is 0.443. The van der Waals surface area contributed by atoms with E-state index < -0.39 is 6.02 Å². The molecule has 4 aromatic rings. The zero-order valence-corrected chi connectivity index (χ0v) is 22.1. The molecule has 4 heterocycles. The molecule has 1 aromatic carbocycles. The monoisotopic (exact) mass is 525 g/mol. The van der Waals surface area contributed by atoms with Crippen LogP contribution in [0.15, 0.2) is 79.3 Å². The highest BCUT2D eigenvalue weighted by atomic mass is 35.5. The molecule has 1 aliphatic rings. The SMILES string of the molecule is [2H][C@](Nc1cc(Cl)c2ncc(C#C)c(NCC(C)(C)C)c2c1)(C1=CN(c2cccnc2)NN1)c1cccnc1. The quantitative estimate of drug-likeness (QED) is 0.230. The maximum absolute atomic E-state index is 9.65. The minimum Gasteiger partial charge on any atom is -0.383 e. The van der Waals surface area contributed by atoms with E-state index >= 15 is 0 Å². The third kappa shape index (κ3) is 5.49. The summed E-state index contributed by atoms with van der Waals surface area (Å²) in [5.74, 6) is 2.73. The van der Waals surface area contributed by atoms with Gasteiger partial charge in [0, 0.05) is 48.6 Å². The number of nitrogens with zero attached hydrogens (tertiary/aromatic N) is 4. The average Bonchev–Trinajstić information content (AvgIpc) is 3.43. The van der Waals surface area contributed by atoms with Crippen LogP contribution in [0.4, 0.5) is 17.1 Å². The van der Waals surface area contributed by atoms with Crippen LogP contribution in [0.25, 0.3) is 10.9 Å². The number of hydrogen-bond acceptors (Lipinski definition) is 8. The number of anilines is 3. The largest absolute Gasteiger partial charge is 0.383 e. The van der Waals surface area contributed by atoms with Gasteiger partial charge in [-0.3, -0.25) is 20.0 Å². The molecule has 9 heteroatoms. The molecule has 0 spiro atoms. The standard InChI is InChI=1S/C29H29ClN8/c1-5-19-15-33-28-23(26(19)34-18-29(2,3)4)12-21(13-24(28)30)35-27(20-8-6-10-31-14-20)25-17-38(37-36-25)22-9-7-11-32-16-22/h1,6-17,27,35-37H,18H2,2-4H3,(H,33,34)/t27-/m1/s1/i27D. The van der Waals surface area contributed by atoms with Crippen LogP contribution in [0, 0.1) is 17.8 Å². The number of fused-ring (bicyclic) bond motifs is 1. The lowest BCUT2D eigenvalue weighted by atomic mass is 9.96. The Morgan fingerprint density at radius 3 is 2.63 bits per heavy atom. The van der Waals surface area contributed by atoms with Crippen LogP contribution in [0.2, 0.25) is 5.02 Å². The Labute approximate surface area is 228 Å². The van der Waals surface area contributed by atoms with Gasteiger partial charge >= 0.3 is 0 Å². The number of hydrogen-bond donors (Lipinski definition) is 4. The van der Waals surface area contributed by atoms with Crippen molar-refractivity contribution in [3.8, 4) is 12.3 Å². The molecule has 0 amide bonds. The molecule has 8 nitrogen and oxygen atoms in total. The number of hydrazine groups is 2. The summed E-state index contributed by atoms with van der Waals surface area (Å²) in [7, 11) is 0. The van der Waals surface area contributed by atoms with E-state index in [1.807, 2.05) is 24.3 Å². The highest BCUT2D eigenvalue weighted by molar-refractivity contribution is 6.35. The number of benzene rings is 1. The van der Waals surface area contributed by atoms with Gasteiger partial charge in [0.2, 0.25) is 0 Å². The molecule has 1 atom stereocenters. The minimum atomic E-state index is -1.47. The van der Waals surface area contributed by atoms with Crippen molar-refractivity contribution >= 4 is 39.6 Å². The van der Waals surface area contributed by atoms with Crippen molar-refractivity contribution in [1.29, 1.82) is 0 Å². The summed E-state index contributed by atoms with van der Waals surface area (Å²) in [6, 6.07) is 9.62. The number of pyridine rings is 3. The maximum atomic E-state index is 9.65. The van der Waals surface area contributed by atoms with Crippen molar-refractivity contribution < 1.29 is 1.37 Å². The summed E-state index contributed by atoms with van der Waals surface area (Å²) in [5, 5.41) is 9.84. The number of aromatic nitrogens is 3. The van der Waals surface area contributed by atoms with Gasteiger partial charge in [-0.1, -0.05) is 44.4 Å². The first-order valence-corrected chi connectivity index (χ1v) is 12.5. The van der Waals surface area contributed by atoms with E-state index in [1.54, 1.807) is 54.3 Å². The maximum Gasteiger partial charge on any atom is 0.0959 e. The summed E-state index contributed by atoms with van der Waals surface area (Å²) >= 11 is 6.74. The summed E-state index contributed by atoms with van der Waals surface area (Å²) < 4.78 is 9.65. The molecular weight excluding hydrogens is 496 g/mol. The van der Waals surface area contributed by atoms with Crippen LogP contribution in [0.5, 0.6) is 0 Å². The molecule has 0 aliphatic carbocycles. The highest BCUT2D eigenvalue weighted by Gasteiger charge is 2.24. The van der Waals surface area contributed by atoms with E-state index in [4.69, 9.17) is 18.0 Å². The van der Waals surface area contributed by atoms with E-state index in [9.17, 15) is 1.37 Å².